The number of nitrogen functional groups attached to an aromatic ring is 1. The van der Waals surface area contributed by atoms with Gasteiger partial charge in [0.1, 0.15) is 5.82 Å². The van der Waals surface area contributed by atoms with Crippen molar-refractivity contribution >= 4 is 35.0 Å². The molecule has 2 aromatic rings. The van der Waals surface area contributed by atoms with Gasteiger partial charge in [-0.2, -0.15) is 0 Å². The van der Waals surface area contributed by atoms with Crippen LogP contribution in [0.4, 0.5) is 10.1 Å². The lowest BCUT2D eigenvalue weighted by molar-refractivity contribution is -0.118. The number of halogens is 2. The molecule has 110 valence electrons. The molecule has 0 heterocycles. The number of thioether (sulfide) groups is 1. The van der Waals surface area contributed by atoms with E-state index in [9.17, 15) is 9.18 Å². The second-order valence-corrected chi connectivity index (χ2v) is 5.76. The molecular formula is C15H14ClFN2OS. The van der Waals surface area contributed by atoms with Gasteiger partial charge in [0.05, 0.1) is 5.75 Å². The Morgan fingerprint density at radius 1 is 1.29 bits per heavy atom. The summed E-state index contributed by atoms with van der Waals surface area (Å²) >= 11 is 7.27. The molecule has 0 unspecified atom stereocenters. The van der Waals surface area contributed by atoms with Crippen LogP contribution in [0.3, 0.4) is 0 Å². The van der Waals surface area contributed by atoms with Gasteiger partial charge < -0.3 is 11.1 Å². The van der Waals surface area contributed by atoms with Gasteiger partial charge in [-0.3, -0.25) is 4.79 Å². The molecule has 1 amide bonds. The van der Waals surface area contributed by atoms with Gasteiger partial charge in [-0.05, 0) is 29.8 Å². The first-order valence-corrected chi connectivity index (χ1v) is 7.60. The van der Waals surface area contributed by atoms with Crippen molar-refractivity contribution in [1.82, 2.24) is 5.32 Å². The summed E-state index contributed by atoms with van der Waals surface area (Å²) in [6.07, 6.45) is 0. The Morgan fingerprint density at radius 3 is 2.76 bits per heavy atom. The Bertz CT molecular complexity index is 651. The summed E-state index contributed by atoms with van der Waals surface area (Å²) in [5.41, 5.74) is 6.87. The molecule has 3 nitrogen and oxygen atoms in total. The van der Waals surface area contributed by atoms with Gasteiger partial charge in [0.2, 0.25) is 5.91 Å². The predicted octanol–water partition coefficient (Wildman–Crippen LogP) is 3.47. The zero-order valence-corrected chi connectivity index (χ0v) is 12.7. The lowest BCUT2D eigenvalue weighted by atomic mass is 10.2. The van der Waals surface area contributed by atoms with Crippen LogP contribution in [-0.4, -0.2) is 11.7 Å². The van der Waals surface area contributed by atoms with Gasteiger partial charge in [-0.25, -0.2) is 4.39 Å². The van der Waals surface area contributed by atoms with Crippen molar-refractivity contribution in [1.29, 1.82) is 0 Å². The Labute approximate surface area is 131 Å². The molecule has 0 fully saturated rings. The van der Waals surface area contributed by atoms with Gasteiger partial charge in [0, 0.05) is 22.2 Å². The van der Waals surface area contributed by atoms with E-state index < -0.39 is 0 Å². The first-order chi connectivity index (χ1) is 10.1. The van der Waals surface area contributed by atoms with Crippen LogP contribution in [0, 0.1) is 5.82 Å². The average molecular weight is 325 g/mol. The summed E-state index contributed by atoms with van der Waals surface area (Å²) in [7, 11) is 0. The van der Waals surface area contributed by atoms with Crippen LogP contribution in [0.1, 0.15) is 5.56 Å². The Hall–Kier alpha value is -1.72. The second kappa shape index (κ2) is 7.33. The Morgan fingerprint density at radius 2 is 2.05 bits per heavy atom. The van der Waals surface area contributed by atoms with Crippen molar-refractivity contribution in [2.75, 3.05) is 11.5 Å². The number of amides is 1. The number of carbonyl (C=O) groups excluding carboxylic acids is 1. The fraction of sp³-hybridized carbons (Fsp3) is 0.133. The van der Waals surface area contributed by atoms with Gasteiger partial charge in [-0.1, -0.05) is 29.8 Å². The third-order valence-corrected chi connectivity index (χ3v) is 4.22. The zero-order chi connectivity index (χ0) is 15.2. The number of carbonyl (C=O) groups is 1. The normalized spacial score (nSPS) is 10.4. The van der Waals surface area contributed by atoms with Crippen molar-refractivity contribution in [3.05, 3.63) is 58.9 Å². The topological polar surface area (TPSA) is 55.1 Å². The standard InChI is InChI=1S/C15H14ClFN2OS/c16-12-4-2-1-3-10(12)8-19-15(20)9-21-14-6-5-11(17)7-13(14)18/h1-7H,8-9,18H2,(H,19,20). The largest absolute Gasteiger partial charge is 0.398 e. The molecule has 0 saturated heterocycles. The van der Waals surface area contributed by atoms with Crippen LogP contribution in [0.2, 0.25) is 5.02 Å². The van der Waals surface area contributed by atoms with Gasteiger partial charge in [0.25, 0.3) is 0 Å². The molecule has 0 bridgehead atoms. The maximum atomic E-state index is 12.9. The Balaban J connectivity index is 1.84. The quantitative estimate of drug-likeness (QED) is 0.654. The molecule has 0 aliphatic heterocycles. The third-order valence-electron chi connectivity index (χ3n) is 2.76. The van der Waals surface area contributed by atoms with E-state index in [-0.39, 0.29) is 17.5 Å². The highest BCUT2D eigenvalue weighted by molar-refractivity contribution is 8.00. The first kappa shape index (κ1) is 15.7. The maximum absolute atomic E-state index is 12.9. The van der Waals surface area contributed by atoms with Crippen LogP contribution in [0.5, 0.6) is 0 Å². The van der Waals surface area contributed by atoms with Gasteiger partial charge in [0.15, 0.2) is 0 Å². The van der Waals surface area contributed by atoms with Crippen LogP contribution in [-0.2, 0) is 11.3 Å². The van der Waals surface area contributed by atoms with E-state index in [1.807, 2.05) is 18.2 Å². The van der Waals surface area contributed by atoms with Crippen molar-refractivity contribution in [3.63, 3.8) is 0 Å². The summed E-state index contributed by atoms with van der Waals surface area (Å²) in [5, 5.41) is 3.40. The summed E-state index contributed by atoms with van der Waals surface area (Å²) < 4.78 is 12.9. The molecule has 21 heavy (non-hydrogen) atoms. The average Bonchev–Trinajstić information content (AvgIpc) is 2.45. The van der Waals surface area contributed by atoms with Crippen LogP contribution in [0.25, 0.3) is 0 Å². The highest BCUT2D eigenvalue weighted by atomic mass is 35.5. The summed E-state index contributed by atoms with van der Waals surface area (Å²) in [5.74, 6) is -0.316. The number of hydrogen-bond donors (Lipinski definition) is 2. The molecule has 2 rings (SSSR count). The molecule has 2 aromatic carbocycles. The van der Waals surface area contributed by atoms with E-state index in [1.165, 1.54) is 23.9 Å². The van der Waals surface area contributed by atoms with E-state index in [0.717, 1.165) is 5.56 Å². The third kappa shape index (κ3) is 4.65. The van der Waals surface area contributed by atoms with E-state index in [1.54, 1.807) is 12.1 Å². The van der Waals surface area contributed by atoms with Crippen molar-refractivity contribution in [2.45, 2.75) is 11.4 Å². The maximum Gasteiger partial charge on any atom is 0.230 e. The number of rotatable bonds is 5. The van der Waals surface area contributed by atoms with E-state index in [4.69, 9.17) is 17.3 Å². The van der Waals surface area contributed by atoms with E-state index in [2.05, 4.69) is 5.32 Å². The molecule has 0 radical (unpaired) electrons. The van der Waals surface area contributed by atoms with Crippen LogP contribution < -0.4 is 11.1 Å². The lowest BCUT2D eigenvalue weighted by Gasteiger charge is -2.08. The minimum atomic E-state index is -0.389. The number of hydrogen-bond acceptors (Lipinski definition) is 3. The fourth-order valence-corrected chi connectivity index (χ4v) is 2.66. The highest BCUT2D eigenvalue weighted by Gasteiger charge is 2.07. The van der Waals surface area contributed by atoms with Gasteiger partial charge in [-0.15, -0.1) is 11.8 Å². The smallest absolute Gasteiger partial charge is 0.230 e. The fourth-order valence-electron chi connectivity index (χ4n) is 1.68. The summed E-state index contributed by atoms with van der Waals surface area (Å²) in [4.78, 5) is 12.5. The van der Waals surface area contributed by atoms with Crippen molar-refractivity contribution < 1.29 is 9.18 Å². The minimum absolute atomic E-state index is 0.136. The highest BCUT2D eigenvalue weighted by Crippen LogP contribution is 2.25. The minimum Gasteiger partial charge on any atom is -0.398 e. The molecule has 3 N–H and O–H groups in total. The number of nitrogens with two attached hydrogens (primary N) is 1. The molecular weight excluding hydrogens is 311 g/mol. The monoisotopic (exact) mass is 324 g/mol. The zero-order valence-electron chi connectivity index (χ0n) is 11.1. The molecule has 0 aliphatic carbocycles. The SMILES string of the molecule is Nc1cc(F)ccc1SCC(=O)NCc1ccccc1Cl. The van der Waals surface area contributed by atoms with Crippen LogP contribution >= 0.6 is 23.4 Å². The molecule has 0 saturated carbocycles. The molecule has 0 aliphatic rings. The van der Waals surface area contributed by atoms with E-state index in [0.29, 0.717) is 22.2 Å². The molecule has 0 spiro atoms. The number of anilines is 1. The Kier molecular flexibility index (Phi) is 5.47. The first-order valence-electron chi connectivity index (χ1n) is 6.24. The second-order valence-electron chi connectivity index (χ2n) is 4.34. The molecule has 0 aromatic heterocycles. The lowest BCUT2D eigenvalue weighted by Crippen LogP contribution is -2.24. The number of benzene rings is 2. The van der Waals surface area contributed by atoms with Crippen molar-refractivity contribution in [2.24, 2.45) is 0 Å². The predicted molar refractivity (Wildman–Crippen MR) is 84.8 cm³/mol. The summed E-state index contributed by atoms with van der Waals surface area (Å²) in [6.45, 7) is 0.373. The number of nitrogens with one attached hydrogen (secondary N) is 1. The van der Waals surface area contributed by atoms with Gasteiger partial charge >= 0.3 is 0 Å². The molecule has 0 atom stereocenters. The van der Waals surface area contributed by atoms with Crippen LogP contribution in [0.15, 0.2) is 47.4 Å². The van der Waals surface area contributed by atoms with E-state index >= 15 is 0 Å². The van der Waals surface area contributed by atoms with Crippen molar-refractivity contribution in [3.8, 4) is 0 Å². The summed E-state index contributed by atoms with van der Waals surface area (Å²) in [6, 6.07) is 11.5. The molecule has 6 heteroatoms.